The molecule has 8 nitrogen and oxygen atoms in total. The number of likely N-dealkylation sites (N-methyl/N-ethyl adjacent to an activating group) is 1. The number of carbonyl (C=O) groups excluding carboxylic acids is 1. The van der Waals surface area contributed by atoms with E-state index in [0.717, 1.165) is 55.3 Å². The van der Waals surface area contributed by atoms with Crippen molar-refractivity contribution < 1.29 is 24.6 Å². The highest BCUT2D eigenvalue weighted by Gasteiger charge is 2.37. The van der Waals surface area contributed by atoms with E-state index >= 15 is 0 Å². The van der Waals surface area contributed by atoms with Crippen molar-refractivity contribution in [1.29, 1.82) is 0 Å². The van der Waals surface area contributed by atoms with Crippen LogP contribution in [0.1, 0.15) is 49.7 Å². The van der Waals surface area contributed by atoms with Crippen LogP contribution in [0.25, 0.3) is 0 Å². The molecule has 33 heavy (non-hydrogen) atoms. The van der Waals surface area contributed by atoms with Gasteiger partial charge in [0.25, 0.3) is 0 Å². The molecule has 1 saturated heterocycles. The molecule has 1 aromatic rings. The van der Waals surface area contributed by atoms with Crippen molar-refractivity contribution in [2.45, 2.75) is 63.5 Å². The monoisotopic (exact) mass is 479 g/mol. The minimum atomic E-state index is -0.799. The van der Waals surface area contributed by atoms with E-state index in [2.05, 4.69) is 6.07 Å². The Morgan fingerprint density at radius 2 is 1.76 bits per heavy atom. The fourth-order valence-corrected chi connectivity index (χ4v) is 5.51. The highest BCUT2D eigenvalue weighted by Crippen LogP contribution is 2.34. The van der Waals surface area contributed by atoms with E-state index < -0.39 is 18.0 Å². The third kappa shape index (κ3) is 5.61. The Labute approximate surface area is 200 Å². The Kier molecular flexibility index (Phi) is 8.23. The number of fused-ring (bicyclic) bond motifs is 1. The number of hydrogen-bond donors (Lipinski definition) is 2. The predicted octanol–water partition coefficient (Wildman–Crippen LogP) is 3.26. The molecule has 0 radical (unpaired) electrons. The first-order chi connectivity index (χ1) is 15.3. The first-order valence-corrected chi connectivity index (χ1v) is 11.7. The van der Waals surface area contributed by atoms with Gasteiger partial charge in [-0.1, -0.05) is 6.07 Å². The summed E-state index contributed by atoms with van der Waals surface area (Å²) >= 11 is 0. The number of anilines is 1. The minimum Gasteiger partial charge on any atom is -0.481 e. The van der Waals surface area contributed by atoms with E-state index in [-0.39, 0.29) is 30.9 Å². The maximum Gasteiger partial charge on any atom is 0.324 e. The van der Waals surface area contributed by atoms with Crippen molar-refractivity contribution in [2.75, 3.05) is 31.6 Å². The number of amides is 2. The zero-order chi connectivity index (χ0) is 22.8. The number of carboxylic acid groups (broad SMARTS) is 2. The largest absolute Gasteiger partial charge is 0.481 e. The molecule has 2 aliphatic heterocycles. The molecule has 182 valence electrons. The third-order valence-electron chi connectivity index (χ3n) is 7.53. The number of hydrogen-bond acceptors (Lipinski definition) is 4. The number of benzene rings is 1. The first-order valence-electron chi connectivity index (χ1n) is 11.7. The molecule has 2 N–H and O–H groups in total. The highest BCUT2D eigenvalue weighted by atomic mass is 35.5. The standard InChI is InChI=1S/C24H33N3O5.ClH/c1-25-11-10-18-14-20(8-5-17(18)15-21(25)23(30)31)27-13-12-26(24(27)32)19-6-2-16(3-7-19)4-9-22(28)29;/h5,8,14,16,19,21H,2-4,6-7,9-13,15H2,1H3,(H,28,29)(H,30,31);1H. The molecule has 1 atom stereocenters. The predicted molar refractivity (Wildman–Crippen MR) is 127 cm³/mol. The lowest BCUT2D eigenvalue weighted by atomic mass is 9.83. The second kappa shape index (κ2) is 10.7. The minimum absolute atomic E-state index is 0. The fraction of sp³-hybridized carbons (Fsp3) is 0.625. The van der Waals surface area contributed by atoms with Gasteiger partial charge in [0.05, 0.1) is 0 Å². The fourth-order valence-electron chi connectivity index (χ4n) is 5.51. The van der Waals surface area contributed by atoms with Gasteiger partial charge in [-0.05, 0) is 81.2 Å². The van der Waals surface area contributed by atoms with Crippen molar-refractivity contribution >= 4 is 36.1 Å². The number of carbonyl (C=O) groups is 3. The highest BCUT2D eigenvalue weighted by molar-refractivity contribution is 5.94. The Bertz CT molecular complexity index is 887. The van der Waals surface area contributed by atoms with Gasteiger partial charge in [-0.25, -0.2) is 4.79 Å². The summed E-state index contributed by atoms with van der Waals surface area (Å²) < 4.78 is 0. The van der Waals surface area contributed by atoms with Gasteiger partial charge < -0.3 is 15.1 Å². The molecular formula is C24H34ClN3O5. The summed E-state index contributed by atoms with van der Waals surface area (Å²) in [5.74, 6) is -1.08. The third-order valence-corrected chi connectivity index (χ3v) is 7.53. The number of aliphatic carboxylic acids is 2. The number of urea groups is 1. The van der Waals surface area contributed by atoms with Crippen LogP contribution in [0.4, 0.5) is 10.5 Å². The normalized spacial score (nSPS) is 25.8. The Morgan fingerprint density at radius 1 is 1.03 bits per heavy atom. The Hall–Kier alpha value is -2.32. The van der Waals surface area contributed by atoms with Crippen LogP contribution >= 0.6 is 12.4 Å². The van der Waals surface area contributed by atoms with Gasteiger partial charge in [0.1, 0.15) is 6.04 Å². The maximum absolute atomic E-state index is 13.2. The molecule has 0 spiro atoms. The average Bonchev–Trinajstić information content (AvgIpc) is 3.07. The van der Waals surface area contributed by atoms with E-state index in [1.165, 1.54) is 0 Å². The van der Waals surface area contributed by atoms with Crippen molar-refractivity contribution in [3.05, 3.63) is 29.3 Å². The van der Waals surface area contributed by atoms with Gasteiger partial charge in [-0.2, -0.15) is 0 Å². The van der Waals surface area contributed by atoms with Crippen molar-refractivity contribution in [2.24, 2.45) is 5.92 Å². The van der Waals surface area contributed by atoms with E-state index in [9.17, 15) is 19.5 Å². The quantitative estimate of drug-likeness (QED) is 0.649. The molecule has 9 heteroatoms. The number of nitrogens with zero attached hydrogens (tertiary/aromatic N) is 3. The van der Waals surface area contributed by atoms with Crippen LogP contribution in [0.5, 0.6) is 0 Å². The van der Waals surface area contributed by atoms with Crippen LogP contribution < -0.4 is 4.90 Å². The number of carboxylic acids is 2. The molecule has 1 aromatic carbocycles. The molecule has 1 saturated carbocycles. The van der Waals surface area contributed by atoms with Crippen LogP contribution in [0, 0.1) is 5.92 Å². The lowest BCUT2D eigenvalue weighted by molar-refractivity contribution is -0.142. The smallest absolute Gasteiger partial charge is 0.324 e. The second-order valence-electron chi connectivity index (χ2n) is 9.48. The van der Waals surface area contributed by atoms with E-state index in [4.69, 9.17) is 5.11 Å². The summed E-state index contributed by atoms with van der Waals surface area (Å²) in [6.45, 7) is 2.05. The van der Waals surface area contributed by atoms with E-state index in [0.29, 0.717) is 32.0 Å². The molecule has 4 rings (SSSR count). The van der Waals surface area contributed by atoms with Crippen LogP contribution in [0.3, 0.4) is 0 Å². The molecule has 0 bridgehead atoms. The molecule has 3 aliphatic rings. The van der Waals surface area contributed by atoms with E-state index in [1.54, 1.807) is 0 Å². The number of rotatable bonds is 6. The van der Waals surface area contributed by atoms with Gasteiger partial charge in [-0.3, -0.25) is 19.4 Å². The zero-order valence-corrected chi connectivity index (χ0v) is 19.9. The van der Waals surface area contributed by atoms with E-state index in [1.807, 2.05) is 33.9 Å². The van der Waals surface area contributed by atoms with Gasteiger partial charge in [0.2, 0.25) is 0 Å². The first kappa shape index (κ1) is 25.3. The summed E-state index contributed by atoms with van der Waals surface area (Å²) in [5.41, 5.74) is 3.07. The lowest BCUT2D eigenvalue weighted by Crippen LogP contribution is -2.41. The summed E-state index contributed by atoms with van der Waals surface area (Å²) in [7, 11) is 1.85. The summed E-state index contributed by atoms with van der Waals surface area (Å²) in [6, 6.07) is 5.78. The van der Waals surface area contributed by atoms with Gasteiger partial charge in [0, 0.05) is 37.8 Å². The van der Waals surface area contributed by atoms with Crippen LogP contribution in [0.15, 0.2) is 18.2 Å². The van der Waals surface area contributed by atoms with Gasteiger partial charge in [0.15, 0.2) is 0 Å². The van der Waals surface area contributed by atoms with Crippen molar-refractivity contribution in [3.8, 4) is 0 Å². The molecule has 1 aliphatic carbocycles. The summed E-state index contributed by atoms with van der Waals surface area (Å²) in [6.07, 6.45) is 6.07. The maximum atomic E-state index is 13.2. The van der Waals surface area contributed by atoms with Gasteiger partial charge in [-0.15, -0.1) is 12.4 Å². The Balaban J connectivity index is 0.00000306. The lowest BCUT2D eigenvalue weighted by Gasteiger charge is -2.34. The van der Waals surface area contributed by atoms with Crippen molar-refractivity contribution in [1.82, 2.24) is 9.80 Å². The second-order valence-corrected chi connectivity index (χ2v) is 9.48. The van der Waals surface area contributed by atoms with Crippen LogP contribution in [-0.4, -0.2) is 76.7 Å². The van der Waals surface area contributed by atoms with Gasteiger partial charge >= 0.3 is 18.0 Å². The topological polar surface area (TPSA) is 101 Å². The summed E-state index contributed by atoms with van der Waals surface area (Å²) in [4.78, 5) is 41.4. The molecule has 2 amide bonds. The van der Waals surface area contributed by atoms with Crippen LogP contribution in [0.2, 0.25) is 0 Å². The summed E-state index contributed by atoms with van der Waals surface area (Å²) in [5, 5.41) is 18.4. The van der Waals surface area contributed by atoms with Crippen molar-refractivity contribution in [3.63, 3.8) is 0 Å². The van der Waals surface area contributed by atoms with Crippen LogP contribution in [-0.2, 0) is 22.4 Å². The molecule has 1 unspecified atom stereocenters. The Morgan fingerprint density at radius 3 is 2.42 bits per heavy atom. The zero-order valence-electron chi connectivity index (χ0n) is 19.1. The molecule has 2 heterocycles. The molecule has 2 fully saturated rings. The average molecular weight is 480 g/mol. The molecule has 0 aromatic heterocycles. The SMILES string of the molecule is CN1CCc2cc(N3CCN(C4CCC(CCC(=O)O)CC4)C3=O)ccc2CC1C(=O)O.Cl. The number of halogens is 1. The molecular weight excluding hydrogens is 446 g/mol.